The normalized spacial score (nSPS) is 21.3. The molecule has 1 N–H and O–H groups in total. The van der Waals surface area contributed by atoms with Crippen LogP contribution in [0.4, 0.5) is 0 Å². The summed E-state index contributed by atoms with van der Waals surface area (Å²) in [6, 6.07) is 0. The first kappa shape index (κ1) is 10.8. The molecule has 0 aromatic rings. The highest BCUT2D eigenvalue weighted by Gasteiger charge is 2.27. The topological polar surface area (TPSA) is 20.2 Å². The van der Waals surface area contributed by atoms with Crippen molar-refractivity contribution in [3.63, 3.8) is 0 Å². The quantitative estimate of drug-likeness (QED) is 0.511. The van der Waals surface area contributed by atoms with Gasteiger partial charge in [0.25, 0.3) is 0 Å². The fourth-order valence-corrected chi connectivity index (χ4v) is 2.40. The fourth-order valence-electron chi connectivity index (χ4n) is 2.40. The Labute approximate surface area is 81.9 Å². The number of hydrogen-bond donors (Lipinski definition) is 1. The van der Waals surface area contributed by atoms with E-state index in [1.165, 1.54) is 38.5 Å². The monoisotopic (exact) mass is 182 g/mol. The minimum Gasteiger partial charge on any atom is -0.396 e. The average Bonchev–Trinajstić information content (AvgIpc) is 2.20. The third kappa shape index (κ3) is 3.15. The van der Waals surface area contributed by atoms with Crippen LogP contribution in [0.1, 0.15) is 51.4 Å². The minimum atomic E-state index is 0.340. The van der Waals surface area contributed by atoms with E-state index < -0.39 is 0 Å². The van der Waals surface area contributed by atoms with Gasteiger partial charge in [-0.2, -0.15) is 0 Å². The number of unbranched alkanes of at least 4 members (excludes halogenated alkanes) is 1. The number of aliphatic hydroxyl groups is 1. The van der Waals surface area contributed by atoms with Gasteiger partial charge in [0.2, 0.25) is 0 Å². The summed E-state index contributed by atoms with van der Waals surface area (Å²) in [4.78, 5) is 0. The fraction of sp³-hybridized carbons (Fsp3) is 0.833. The molecule has 1 saturated carbocycles. The molecule has 1 aliphatic rings. The highest BCUT2D eigenvalue weighted by molar-refractivity contribution is 4.96. The summed E-state index contributed by atoms with van der Waals surface area (Å²) in [6.07, 6.45) is 12.3. The molecule has 1 rings (SSSR count). The first-order valence-corrected chi connectivity index (χ1v) is 5.57. The molecular formula is C12H22O. The second-order valence-electron chi connectivity index (χ2n) is 4.31. The third-order valence-electron chi connectivity index (χ3n) is 3.37. The van der Waals surface area contributed by atoms with Crippen LogP contribution in [0.3, 0.4) is 0 Å². The maximum atomic E-state index is 8.73. The minimum absolute atomic E-state index is 0.340. The molecule has 0 bridgehead atoms. The van der Waals surface area contributed by atoms with E-state index in [-0.39, 0.29) is 0 Å². The van der Waals surface area contributed by atoms with Gasteiger partial charge in [0.05, 0.1) is 0 Å². The van der Waals surface area contributed by atoms with Gasteiger partial charge in [0.15, 0.2) is 0 Å². The second kappa shape index (κ2) is 5.43. The molecule has 0 amide bonds. The van der Waals surface area contributed by atoms with Gasteiger partial charge >= 0.3 is 0 Å². The first-order chi connectivity index (χ1) is 6.33. The number of aliphatic hydroxyl groups excluding tert-OH is 1. The zero-order valence-corrected chi connectivity index (χ0v) is 8.60. The Balaban J connectivity index is 2.33. The summed E-state index contributed by atoms with van der Waals surface area (Å²) < 4.78 is 0. The van der Waals surface area contributed by atoms with Gasteiger partial charge in [-0.05, 0) is 31.1 Å². The highest BCUT2D eigenvalue weighted by atomic mass is 16.2. The Morgan fingerprint density at radius 2 is 1.85 bits per heavy atom. The summed E-state index contributed by atoms with van der Waals surface area (Å²) in [7, 11) is 0. The van der Waals surface area contributed by atoms with Gasteiger partial charge in [-0.15, -0.1) is 6.58 Å². The van der Waals surface area contributed by atoms with Crippen molar-refractivity contribution in [1.29, 1.82) is 0 Å². The lowest BCUT2D eigenvalue weighted by molar-refractivity contribution is 0.218. The maximum Gasteiger partial charge on any atom is 0.0431 e. The molecule has 13 heavy (non-hydrogen) atoms. The van der Waals surface area contributed by atoms with E-state index in [1.807, 2.05) is 0 Å². The molecule has 1 fully saturated rings. The molecular weight excluding hydrogens is 160 g/mol. The molecule has 76 valence electrons. The molecule has 1 aliphatic carbocycles. The van der Waals surface area contributed by atoms with Crippen molar-refractivity contribution in [2.24, 2.45) is 5.41 Å². The average molecular weight is 182 g/mol. The Morgan fingerprint density at radius 3 is 2.38 bits per heavy atom. The van der Waals surface area contributed by atoms with E-state index in [0.717, 1.165) is 12.8 Å². The van der Waals surface area contributed by atoms with Gasteiger partial charge < -0.3 is 5.11 Å². The van der Waals surface area contributed by atoms with Crippen molar-refractivity contribution < 1.29 is 5.11 Å². The zero-order chi connectivity index (χ0) is 9.57. The molecule has 0 spiro atoms. The number of allylic oxidation sites excluding steroid dienone is 1. The molecule has 1 heteroatoms. The van der Waals surface area contributed by atoms with E-state index in [1.54, 1.807) is 0 Å². The molecule has 0 heterocycles. The highest BCUT2D eigenvalue weighted by Crippen LogP contribution is 2.41. The Kier molecular flexibility index (Phi) is 4.51. The van der Waals surface area contributed by atoms with Crippen molar-refractivity contribution in [1.82, 2.24) is 0 Å². The Hall–Kier alpha value is -0.300. The van der Waals surface area contributed by atoms with Crippen molar-refractivity contribution in [3.05, 3.63) is 12.7 Å². The van der Waals surface area contributed by atoms with Crippen molar-refractivity contribution >= 4 is 0 Å². The molecule has 0 aromatic heterocycles. The summed E-state index contributed by atoms with van der Waals surface area (Å²) >= 11 is 0. The van der Waals surface area contributed by atoms with Crippen LogP contribution >= 0.6 is 0 Å². The predicted molar refractivity (Wildman–Crippen MR) is 56.7 cm³/mol. The molecule has 0 aromatic carbocycles. The SMILES string of the molecule is C=CC1(CCCCO)CCCCC1. The van der Waals surface area contributed by atoms with Crippen molar-refractivity contribution in [3.8, 4) is 0 Å². The second-order valence-corrected chi connectivity index (χ2v) is 4.31. The molecule has 0 saturated heterocycles. The summed E-state index contributed by atoms with van der Waals surface area (Å²) in [5.74, 6) is 0. The van der Waals surface area contributed by atoms with Crippen LogP contribution in [0.15, 0.2) is 12.7 Å². The van der Waals surface area contributed by atoms with Crippen LogP contribution in [0.2, 0.25) is 0 Å². The van der Waals surface area contributed by atoms with E-state index in [9.17, 15) is 0 Å². The van der Waals surface area contributed by atoms with Crippen LogP contribution < -0.4 is 0 Å². The summed E-state index contributed by atoms with van der Waals surface area (Å²) in [5, 5.41) is 8.73. The van der Waals surface area contributed by atoms with Crippen LogP contribution in [0, 0.1) is 5.41 Å². The van der Waals surface area contributed by atoms with Gasteiger partial charge in [0.1, 0.15) is 0 Å². The standard InChI is InChI=1S/C12H22O/c1-2-12(10-6-7-11-13)8-4-3-5-9-12/h2,13H,1,3-11H2. The van der Waals surface area contributed by atoms with Gasteiger partial charge in [-0.1, -0.05) is 31.8 Å². The molecule has 0 unspecified atom stereocenters. The van der Waals surface area contributed by atoms with E-state index in [2.05, 4.69) is 12.7 Å². The summed E-state index contributed by atoms with van der Waals surface area (Å²) in [5.41, 5.74) is 0.424. The van der Waals surface area contributed by atoms with Crippen LogP contribution in [0.5, 0.6) is 0 Å². The molecule has 0 radical (unpaired) electrons. The number of hydrogen-bond acceptors (Lipinski definition) is 1. The molecule has 0 atom stereocenters. The predicted octanol–water partition coefficient (Wildman–Crippen LogP) is 3.29. The lowest BCUT2D eigenvalue weighted by atomic mass is 9.71. The maximum absolute atomic E-state index is 8.73. The first-order valence-electron chi connectivity index (χ1n) is 5.57. The van der Waals surface area contributed by atoms with E-state index in [4.69, 9.17) is 5.11 Å². The number of rotatable bonds is 5. The van der Waals surface area contributed by atoms with Gasteiger partial charge in [-0.25, -0.2) is 0 Å². The lowest BCUT2D eigenvalue weighted by Gasteiger charge is -2.34. The third-order valence-corrected chi connectivity index (χ3v) is 3.37. The van der Waals surface area contributed by atoms with E-state index >= 15 is 0 Å². The molecule has 0 aliphatic heterocycles. The Morgan fingerprint density at radius 1 is 1.15 bits per heavy atom. The van der Waals surface area contributed by atoms with E-state index in [0.29, 0.717) is 12.0 Å². The zero-order valence-electron chi connectivity index (χ0n) is 8.60. The van der Waals surface area contributed by atoms with Crippen molar-refractivity contribution in [2.45, 2.75) is 51.4 Å². The van der Waals surface area contributed by atoms with Crippen molar-refractivity contribution in [2.75, 3.05) is 6.61 Å². The van der Waals surface area contributed by atoms with Gasteiger partial charge in [-0.3, -0.25) is 0 Å². The molecule has 1 nitrogen and oxygen atoms in total. The van der Waals surface area contributed by atoms with Crippen LogP contribution in [0.25, 0.3) is 0 Å². The van der Waals surface area contributed by atoms with Gasteiger partial charge in [0, 0.05) is 6.61 Å². The smallest absolute Gasteiger partial charge is 0.0431 e. The Bertz CT molecular complexity index is 145. The summed E-state index contributed by atoms with van der Waals surface area (Å²) in [6.45, 7) is 4.31. The largest absolute Gasteiger partial charge is 0.396 e. The van der Waals surface area contributed by atoms with Crippen LogP contribution in [-0.4, -0.2) is 11.7 Å². The van der Waals surface area contributed by atoms with Crippen LogP contribution in [-0.2, 0) is 0 Å². The lowest BCUT2D eigenvalue weighted by Crippen LogP contribution is -2.21.